The third-order valence-electron chi connectivity index (χ3n) is 2.24. The third kappa shape index (κ3) is 3.53. The second-order valence-electron chi connectivity index (χ2n) is 3.58. The Morgan fingerprint density at radius 3 is 2.67 bits per heavy atom. The van der Waals surface area contributed by atoms with Crippen molar-refractivity contribution in [1.29, 1.82) is 0 Å². The summed E-state index contributed by atoms with van der Waals surface area (Å²) < 4.78 is 0.617. The van der Waals surface area contributed by atoms with Crippen LogP contribution >= 0.6 is 15.9 Å². The molecule has 0 bridgehead atoms. The molecule has 0 aliphatic carbocycles. The Balaban J connectivity index is 2.02. The summed E-state index contributed by atoms with van der Waals surface area (Å²) in [6, 6.07) is 13.2. The molecule has 0 fully saturated rings. The molecule has 3 nitrogen and oxygen atoms in total. The monoisotopic (exact) mass is 302 g/mol. The normalized spacial score (nSPS) is 10.5. The lowest BCUT2D eigenvalue weighted by atomic mass is 10.2. The maximum atomic E-state index is 11.7. The molecule has 90 valence electrons. The van der Waals surface area contributed by atoms with E-state index in [0.717, 1.165) is 5.56 Å². The van der Waals surface area contributed by atoms with Gasteiger partial charge in [0.15, 0.2) is 0 Å². The number of amides is 1. The molecule has 1 aromatic carbocycles. The topological polar surface area (TPSA) is 42.0 Å². The standard InChI is InChI=1S/C14H11BrN2O/c15-14-12(7-4-10-16-14)17-13(18)9-8-11-5-2-1-3-6-11/h1-10H,(H,17,18)/b9-8+. The lowest BCUT2D eigenvalue weighted by molar-refractivity contribution is -0.111. The van der Waals surface area contributed by atoms with Crippen LogP contribution in [0.4, 0.5) is 5.69 Å². The average molecular weight is 303 g/mol. The van der Waals surface area contributed by atoms with E-state index in [9.17, 15) is 4.79 Å². The van der Waals surface area contributed by atoms with Crippen LogP contribution in [0.5, 0.6) is 0 Å². The van der Waals surface area contributed by atoms with E-state index in [4.69, 9.17) is 0 Å². The van der Waals surface area contributed by atoms with Crippen LogP contribution in [-0.2, 0) is 4.79 Å². The van der Waals surface area contributed by atoms with Crippen molar-refractivity contribution in [1.82, 2.24) is 4.98 Å². The van der Waals surface area contributed by atoms with Crippen LogP contribution in [-0.4, -0.2) is 10.9 Å². The molecule has 18 heavy (non-hydrogen) atoms. The van der Waals surface area contributed by atoms with Gasteiger partial charge in [-0.25, -0.2) is 4.98 Å². The van der Waals surface area contributed by atoms with Gasteiger partial charge >= 0.3 is 0 Å². The van der Waals surface area contributed by atoms with Crippen molar-refractivity contribution in [2.75, 3.05) is 5.32 Å². The molecule has 0 aliphatic rings. The molecule has 0 radical (unpaired) electrons. The fourth-order valence-corrected chi connectivity index (χ4v) is 1.74. The number of carbonyl (C=O) groups is 1. The Kier molecular flexibility index (Phi) is 4.25. The largest absolute Gasteiger partial charge is 0.320 e. The Morgan fingerprint density at radius 2 is 1.94 bits per heavy atom. The summed E-state index contributed by atoms with van der Waals surface area (Å²) >= 11 is 3.27. The minimum Gasteiger partial charge on any atom is -0.320 e. The number of nitrogens with one attached hydrogen (secondary N) is 1. The lowest BCUT2D eigenvalue weighted by Gasteiger charge is -2.03. The zero-order valence-electron chi connectivity index (χ0n) is 9.51. The number of nitrogens with zero attached hydrogens (tertiary/aromatic N) is 1. The van der Waals surface area contributed by atoms with Crippen LogP contribution in [0.15, 0.2) is 59.3 Å². The molecule has 1 amide bonds. The predicted octanol–water partition coefficient (Wildman–Crippen LogP) is 3.50. The molecule has 4 heteroatoms. The van der Waals surface area contributed by atoms with Crippen molar-refractivity contribution in [2.45, 2.75) is 0 Å². The summed E-state index contributed by atoms with van der Waals surface area (Å²) in [5, 5.41) is 2.75. The molecule has 2 aromatic rings. The summed E-state index contributed by atoms with van der Waals surface area (Å²) in [6.07, 6.45) is 4.91. The van der Waals surface area contributed by atoms with Gasteiger partial charge in [-0.2, -0.15) is 0 Å². The number of pyridine rings is 1. The second-order valence-corrected chi connectivity index (χ2v) is 4.33. The van der Waals surface area contributed by atoms with Crippen molar-refractivity contribution in [3.63, 3.8) is 0 Å². The summed E-state index contributed by atoms with van der Waals surface area (Å²) in [4.78, 5) is 15.7. The van der Waals surface area contributed by atoms with E-state index in [-0.39, 0.29) is 5.91 Å². The number of hydrogen-bond donors (Lipinski definition) is 1. The van der Waals surface area contributed by atoms with Gasteiger partial charge in [-0.1, -0.05) is 30.3 Å². The fraction of sp³-hybridized carbons (Fsp3) is 0. The van der Waals surface area contributed by atoms with E-state index in [1.165, 1.54) is 6.08 Å². The highest BCUT2D eigenvalue weighted by Gasteiger charge is 2.02. The number of benzene rings is 1. The number of carbonyl (C=O) groups excluding carboxylic acids is 1. The molecular formula is C14H11BrN2O. The first-order valence-corrected chi connectivity index (χ1v) is 6.19. The molecule has 1 heterocycles. The Hall–Kier alpha value is -1.94. The van der Waals surface area contributed by atoms with E-state index in [1.807, 2.05) is 30.3 Å². The molecule has 0 aliphatic heterocycles. The number of rotatable bonds is 3. The predicted molar refractivity (Wildman–Crippen MR) is 76.0 cm³/mol. The van der Waals surface area contributed by atoms with Gasteiger partial charge < -0.3 is 5.32 Å². The molecule has 0 saturated heterocycles. The molecule has 0 spiro atoms. The first-order valence-electron chi connectivity index (χ1n) is 5.40. The quantitative estimate of drug-likeness (QED) is 0.696. The maximum absolute atomic E-state index is 11.7. The molecular weight excluding hydrogens is 292 g/mol. The van der Waals surface area contributed by atoms with Crippen LogP contribution in [0.25, 0.3) is 6.08 Å². The smallest absolute Gasteiger partial charge is 0.248 e. The van der Waals surface area contributed by atoms with Gasteiger partial charge in [0.25, 0.3) is 0 Å². The lowest BCUT2D eigenvalue weighted by Crippen LogP contribution is -2.08. The summed E-state index contributed by atoms with van der Waals surface area (Å²) in [7, 11) is 0. The molecule has 0 saturated carbocycles. The van der Waals surface area contributed by atoms with Gasteiger partial charge in [-0.3, -0.25) is 4.79 Å². The first kappa shape index (κ1) is 12.5. The average Bonchev–Trinajstić information content (AvgIpc) is 2.40. The summed E-state index contributed by atoms with van der Waals surface area (Å²) in [6.45, 7) is 0. The molecule has 0 unspecified atom stereocenters. The third-order valence-corrected chi connectivity index (χ3v) is 2.88. The van der Waals surface area contributed by atoms with Crippen molar-refractivity contribution in [3.8, 4) is 0 Å². The van der Waals surface area contributed by atoms with Crippen LogP contribution < -0.4 is 5.32 Å². The SMILES string of the molecule is O=C(/C=C/c1ccccc1)Nc1cccnc1Br. The van der Waals surface area contributed by atoms with Crippen LogP contribution in [0.3, 0.4) is 0 Å². The zero-order valence-corrected chi connectivity index (χ0v) is 11.1. The minimum atomic E-state index is -0.187. The van der Waals surface area contributed by atoms with Gasteiger partial charge in [0, 0.05) is 12.3 Å². The molecule has 0 atom stereocenters. The van der Waals surface area contributed by atoms with E-state index >= 15 is 0 Å². The van der Waals surface area contributed by atoms with Crippen molar-refractivity contribution >= 4 is 33.6 Å². The highest BCUT2D eigenvalue weighted by molar-refractivity contribution is 9.10. The molecule has 1 aromatic heterocycles. The van der Waals surface area contributed by atoms with E-state index in [0.29, 0.717) is 10.3 Å². The summed E-state index contributed by atoms with van der Waals surface area (Å²) in [5.41, 5.74) is 1.64. The Bertz CT molecular complexity index is 567. The summed E-state index contributed by atoms with van der Waals surface area (Å²) in [5.74, 6) is -0.187. The minimum absolute atomic E-state index is 0.187. The highest BCUT2D eigenvalue weighted by Crippen LogP contribution is 2.18. The Morgan fingerprint density at radius 1 is 1.17 bits per heavy atom. The number of aromatic nitrogens is 1. The Labute approximate surface area is 114 Å². The molecule has 2 rings (SSSR count). The van der Waals surface area contributed by atoms with E-state index in [1.54, 1.807) is 24.4 Å². The maximum Gasteiger partial charge on any atom is 0.248 e. The highest BCUT2D eigenvalue weighted by atomic mass is 79.9. The van der Waals surface area contributed by atoms with Gasteiger partial charge in [-0.15, -0.1) is 0 Å². The zero-order chi connectivity index (χ0) is 12.8. The number of halogens is 1. The van der Waals surface area contributed by atoms with Gasteiger partial charge in [0.1, 0.15) is 4.60 Å². The van der Waals surface area contributed by atoms with E-state index < -0.39 is 0 Å². The van der Waals surface area contributed by atoms with E-state index in [2.05, 4.69) is 26.2 Å². The fourth-order valence-electron chi connectivity index (χ4n) is 1.39. The van der Waals surface area contributed by atoms with Gasteiger partial charge in [-0.05, 0) is 39.7 Å². The van der Waals surface area contributed by atoms with Crippen LogP contribution in [0.1, 0.15) is 5.56 Å². The second kappa shape index (κ2) is 6.12. The van der Waals surface area contributed by atoms with Gasteiger partial charge in [0.2, 0.25) is 5.91 Å². The number of hydrogen-bond acceptors (Lipinski definition) is 2. The first-order chi connectivity index (χ1) is 8.75. The van der Waals surface area contributed by atoms with Gasteiger partial charge in [0.05, 0.1) is 5.69 Å². The van der Waals surface area contributed by atoms with Crippen molar-refractivity contribution < 1.29 is 4.79 Å². The number of anilines is 1. The van der Waals surface area contributed by atoms with Crippen molar-refractivity contribution in [2.24, 2.45) is 0 Å². The molecule has 1 N–H and O–H groups in total. The van der Waals surface area contributed by atoms with Crippen LogP contribution in [0.2, 0.25) is 0 Å². The van der Waals surface area contributed by atoms with Crippen LogP contribution in [0, 0.1) is 0 Å². The van der Waals surface area contributed by atoms with Crippen molar-refractivity contribution in [3.05, 3.63) is 64.9 Å².